The van der Waals surface area contributed by atoms with Crippen LogP contribution in [0.1, 0.15) is 51.4 Å². The largest absolute Gasteiger partial charge is 0.460 e. The molecule has 0 atom stereocenters. The van der Waals surface area contributed by atoms with Crippen LogP contribution >= 0.6 is 0 Å². The third kappa shape index (κ3) is 3.38. The molecule has 112 valence electrons. The van der Waals surface area contributed by atoms with Crippen LogP contribution in [0.15, 0.2) is 40.8 Å². The number of hydrogen-bond donors (Lipinski definition) is 1. The lowest BCUT2D eigenvalue weighted by Crippen LogP contribution is -2.15. The van der Waals surface area contributed by atoms with Gasteiger partial charge in [-0.15, -0.1) is 0 Å². The summed E-state index contributed by atoms with van der Waals surface area (Å²) in [6.45, 7) is 7.65. The van der Waals surface area contributed by atoms with Gasteiger partial charge in [0.2, 0.25) is 0 Å². The average molecular weight is 283 g/mol. The zero-order valence-electron chi connectivity index (χ0n) is 13.3. The van der Waals surface area contributed by atoms with E-state index in [0.29, 0.717) is 6.04 Å². The van der Waals surface area contributed by atoms with E-state index in [0.717, 1.165) is 30.0 Å². The van der Waals surface area contributed by atoms with Crippen molar-refractivity contribution in [2.75, 3.05) is 0 Å². The summed E-state index contributed by atoms with van der Waals surface area (Å²) in [7, 11) is 0. The number of hydrogen-bond acceptors (Lipinski definition) is 2. The van der Waals surface area contributed by atoms with Crippen molar-refractivity contribution in [2.24, 2.45) is 0 Å². The first-order valence-electron chi connectivity index (χ1n) is 8.01. The monoisotopic (exact) mass is 283 g/mol. The maximum Gasteiger partial charge on any atom is 0.134 e. The molecule has 1 heterocycles. The predicted octanol–water partition coefficient (Wildman–Crippen LogP) is 4.89. The zero-order valence-corrected chi connectivity index (χ0v) is 13.3. The van der Waals surface area contributed by atoms with Crippen LogP contribution in [0.25, 0.3) is 11.3 Å². The average Bonchev–Trinajstić information content (AvgIpc) is 3.22. The Morgan fingerprint density at radius 2 is 1.81 bits per heavy atom. The lowest BCUT2D eigenvalue weighted by atomic mass is 9.82. The number of rotatable bonds is 6. The van der Waals surface area contributed by atoms with Crippen molar-refractivity contribution >= 4 is 0 Å². The first kappa shape index (κ1) is 14.4. The molecule has 1 aliphatic rings. The Kier molecular flexibility index (Phi) is 3.90. The molecule has 1 fully saturated rings. The van der Waals surface area contributed by atoms with Crippen LogP contribution in [0.4, 0.5) is 0 Å². The second kappa shape index (κ2) is 5.69. The van der Waals surface area contributed by atoms with Crippen molar-refractivity contribution in [3.8, 4) is 11.3 Å². The molecule has 1 aromatic heterocycles. The van der Waals surface area contributed by atoms with Gasteiger partial charge in [0, 0.05) is 11.6 Å². The van der Waals surface area contributed by atoms with Crippen LogP contribution in [0.2, 0.25) is 0 Å². The van der Waals surface area contributed by atoms with Crippen LogP contribution in [-0.4, -0.2) is 6.04 Å². The van der Waals surface area contributed by atoms with Gasteiger partial charge in [-0.2, -0.15) is 0 Å². The smallest absolute Gasteiger partial charge is 0.134 e. The van der Waals surface area contributed by atoms with Crippen LogP contribution in [0.5, 0.6) is 0 Å². The minimum atomic E-state index is 0.237. The summed E-state index contributed by atoms with van der Waals surface area (Å²) in [5.74, 6) is 1.98. The highest BCUT2D eigenvalue weighted by atomic mass is 16.3. The molecule has 0 aliphatic heterocycles. The first-order chi connectivity index (χ1) is 10.1. The molecular formula is C19H25NO. The maximum atomic E-state index is 5.94. The van der Waals surface area contributed by atoms with E-state index in [-0.39, 0.29) is 5.41 Å². The third-order valence-corrected chi connectivity index (χ3v) is 4.64. The first-order valence-corrected chi connectivity index (χ1v) is 8.01. The highest BCUT2D eigenvalue weighted by molar-refractivity contribution is 5.58. The topological polar surface area (TPSA) is 25.2 Å². The van der Waals surface area contributed by atoms with Gasteiger partial charge >= 0.3 is 0 Å². The molecule has 1 aliphatic carbocycles. The third-order valence-electron chi connectivity index (χ3n) is 4.64. The number of furan rings is 1. The normalized spacial score (nSPS) is 15.4. The fraction of sp³-hybridized carbons (Fsp3) is 0.474. The SMILES string of the molecule is CCC(C)(C)c1ccc(-c2ccc(CNC3CC3)o2)cc1. The number of benzene rings is 1. The number of nitrogens with one attached hydrogen (secondary N) is 1. The molecule has 2 aromatic rings. The standard InChI is InChI=1S/C19H25NO/c1-4-19(2,3)15-7-5-14(6-8-15)18-12-11-17(21-18)13-20-16-9-10-16/h5-8,11-12,16,20H,4,9-10,13H2,1-3H3. The Morgan fingerprint density at radius 1 is 1.10 bits per heavy atom. The molecule has 2 nitrogen and oxygen atoms in total. The van der Waals surface area contributed by atoms with E-state index >= 15 is 0 Å². The van der Waals surface area contributed by atoms with E-state index in [1.807, 2.05) is 0 Å². The van der Waals surface area contributed by atoms with Crippen LogP contribution in [-0.2, 0) is 12.0 Å². The van der Waals surface area contributed by atoms with E-state index in [2.05, 4.69) is 62.5 Å². The summed E-state index contributed by atoms with van der Waals surface area (Å²) in [5, 5.41) is 3.48. The molecule has 3 rings (SSSR count). The summed E-state index contributed by atoms with van der Waals surface area (Å²) >= 11 is 0. The van der Waals surface area contributed by atoms with Gasteiger partial charge in [0.25, 0.3) is 0 Å². The Labute approximate surface area is 127 Å². The summed E-state index contributed by atoms with van der Waals surface area (Å²) in [6.07, 6.45) is 3.76. The Bertz CT molecular complexity index is 590. The lowest BCUT2D eigenvalue weighted by Gasteiger charge is -2.23. The van der Waals surface area contributed by atoms with Gasteiger partial charge in [0.1, 0.15) is 11.5 Å². The fourth-order valence-corrected chi connectivity index (χ4v) is 2.45. The predicted molar refractivity (Wildman–Crippen MR) is 87.3 cm³/mol. The van der Waals surface area contributed by atoms with E-state index in [1.54, 1.807) is 0 Å². The zero-order chi connectivity index (χ0) is 14.9. The van der Waals surface area contributed by atoms with Gasteiger partial charge in [-0.25, -0.2) is 0 Å². The summed E-state index contributed by atoms with van der Waals surface area (Å²) < 4.78 is 5.94. The van der Waals surface area contributed by atoms with E-state index in [4.69, 9.17) is 4.42 Å². The van der Waals surface area contributed by atoms with Gasteiger partial charge in [-0.3, -0.25) is 0 Å². The molecule has 0 radical (unpaired) electrons. The molecule has 0 saturated heterocycles. The lowest BCUT2D eigenvalue weighted by molar-refractivity contribution is 0.492. The molecule has 0 amide bonds. The molecule has 21 heavy (non-hydrogen) atoms. The second-order valence-electron chi connectivity index (χ2n) is 6.74. The maximum absolute atomic E-state index is 5.94. The Balaban J connectivity index is 1.71. The minimum absolute atomic E-state index is 0.237. The minimum Gasteiger partial charge on any atom is -0.460 e. The highest BCUT2D eigenvalue weighted by Crippen LogP contribution is 2.29. The fourth-order valence-electron chi connectivity index (χ4n) is 2.45. The van der Waals surface area contributed by atoms with Crippen LogP contribution in [0, 0.1) is 0 Å². The van der Waals surface area contributed by atoms with Crippen LogP contribution < -0.4 is 5.32 Å². The van der Waals surface area contributed by atoms with Gasteiger partial charge in [0.15, 0.2) is 0 Å². The second-order valence-corrected chi connectivity index (χ2v) is 6.74. The summed E-state index contributed by atoms with van der Waals surface area (Å²) in [4.78, 5) is 0. The van der Waals surface area contributed by atoms with Gasteiger partial charge in [0.05, 0.1) is 6.54 Å². The molecular weight excluding hydrogens is 258 g/mol. The van der Waals surface area contributed by atoms with Crippen molar-refractivity contribution < 1.29 is 4.42 Å². The van der Waals surface area contributed by atoms with Crippen molar-refractivity contribution in [2.45, 2.75) is 58.0 Å². The molecule has 0 spiro atoms. The van der Waals surface area contributed by atoms with E-state index < -0.39 is 0 Å². The molecule has 0 bridgehead atoms. The Hall–Kier alpha value is -1.54. The molecule has 1 aromatic carbocycles. The van der Waals surface area contributed by atoms with Crippen molar-refractivity contribution in [1.29, 1.82) is 0 Å². The van der Waals surface area contributed by atoms with Gasteiger partial charge in [-0.05, 0) is 42.4 Å². The van der Waals surface area contributed by atoms with Gasteiger partial charge in [-0.1, -0.05) is 45.0 Å². The van der Waals surface area contributed by atoms with Crippen LogP contribution in [0.3, 0.4) is 0 Å². The Morgan fingerprint density at radius 3 is 2.43 bits per heavy atom. The van der Waals surface area contributed by atoms with E-state index in [9.17, 15) is 0 Å². The van der Waals surface area contributed by atoms with Crippen molar-refractivity contribution in [1.82, 2.24) is 5.32 Å². The molecule has 2 heteroatoms. The van der Waals surface area contributed by atoms with Crippen molar-refractivity contribution in [3.05, 3.63) is 47.7 Å². The molecule has 0 unspecified atom stereocenters. The van der Waals surface area contributed by atoms with Gasteiger partial charge < -0.3 is 9.73 Å². The highest BCUT2D eigenvalue weighted by Gasteiger charge is 2.21. The molecule has 1 N–H and O–H groups in total. The van der Waals surface area contributed by atoms with Crippen molar-refractivity contribution in [3.63, 3.8) is 0 Å². The quantitative estimate of drug-likeness (QED) is 0.817. The summed E-state index contributed by atoms with van der Waals surface area (Å²) in [5.41, 5.74) is 2.78. The summed E-state index contributed by atoms with van der Waals surface area (Å²) in [6, 6.07) is 13.7. The molecule has 1 saturated carbocycles. The van der Waals surface area contributed by atoms with E-state index in [1.165, 1.54) is 18.4 Å².